The Morgan fingerprint density at radius 1 is 1.29 bits per heavy atom. The lowest BCUT2D eigenvalue weighted by molar-refractivity contribution is -0.116. The van der Waals surface area contributed by atoms with Crippen LogP contribution in [0, 0.1) is 6.92 Å². The number of hydrogen-bond acceptors (Lipinski definition) is 2. The third-order valence-corrected chi connectivity index (χ3v) is 3.35. The lowest BCUT2D eigenvalue weighted by atomic mass is 10.2. The lowest BCUT2D eigenvalue weighted by Gasteiger charge is -2.00. The molecule has 0 aliphatic rings. The second kappa shape index (κ2) is 5.05. The van der Waals surface area contributed by atoms with Gasteiger partial charge >= 0.3 is 0 Å². The summed E-state index contributed by atoms with van der Waals surface area (Å²) < 4.78 is 11.6. The fraction of sp³-hybridized carbons (Fsp3) is 0.364. The van der Waals surface area contributed by atoms with Gasteiger partial charge in [-0.3, -0.25) is 9.00 Å². The monoisotopic (exact) mass is 210 g/mol. The molecule has 3 heteroatoms. The first kappa shape index (κ1) is 11.1. The molecule has 0 aliphatic carbocycles. The number of ketones is 1. The number of aryl methyl sites for hydroxylation is 1. The number of hydrogen-bond donors (Lipinski definition) is 0. The third-order valence-electron chi connectivity index (χ3n) is 1.97. The Labute approximate surface area is 86.8 Å². The summed E-state index contributed by atoms with van der Waals surface area (Å²) in [5.41, 5.74) is 1.13. The molecule has 1 atom stereocenters. The molecule has 0 fully saturated rings. The van der Waals surface area contributed by atoms with E-state index in [0.717, 1.165) is 10.5 Å². The van der Waals surface area contributed by atoms with Crippen LogP contribution < -0.4 is 0 Å². The zero-order chi connectivity index (χ0) is 10.6. The van der Waals surface area contributed by atoms with Crippen LogP contribution in [0.5, 0.6) is 0 Å². The maximum atomic E-state index is 11.6. The summed E-state index contributed by atoms with van der Waals surface area (Å²) in [6.45, 7) is 3.76. The van der Waals surface area contributed by atoms with Gasteiger partial charge in [-0.15, -0.1) is 0 Å². The van der Waals surface area contributed by atoms with Crippen molar-refractivity contribution in [3.63, 3.8) is 0 Å². The summed E-state index contributed by atoms with van der Waals surface area (Å²) in [5.74, 6) is 0.184. The molecule has 0 aliphatic heterocycles. The first-order chi connectivity index (χ1) is 6.63. The summed E-state index contributed by atoms with van der Waals surface area (Å²) in [6.07, 6.45) is 0.456. The highest BCUT2D eigenvalue weighted by Crippen LogP contribution is 2.08. The van der Waals surface area contributed by atoms with Gasteiger partial charge < -0.3 is 0 Å². The molecule has 0 saturated carbocycles. The van der Waals surface area contributed by atoms with Gasteiger partial charge in [0.05, 0.1) is 16.6 Å². The van der Waals surface area contributed by atoms with E-state index in [0.29, 0.717) is 6.42 Å². The number of benzene rings is 1. The van der Waals surface area contributed by atoms with Crippen LogP contribution in [0.4, 0.5) is 0 Å². The predicted molar refractivity (Wildman–Crippen MR) is 57.8 cm³/mol. The minimum atomic E-state index is -1.17. The summed E-state index contributed by atoms with van der Waals surface area (Å²) in [6, 6.07) is 7.44. The van der Waals surface area contributed by atoms with Gasteiger partial charge in [0.25, 0.3) is 0 Å². The molecule has 1 aromatic carbocycles. The Balaban J connectivity index is 2.70. The van der Waals surface area contributed by atoms with Crippen LogP contribution in [-0.2, 0) is 15.6 Å². The Hall–Kier alpha value is -0.960. The predicted octanol–water partition coefficient (Wildman–Crippen LogP) is 2.08. The molecule has 2 nitrogen and oxygen atoms in total. The molecular formula is C11H14O2S. The maximum Gasteiger partial charge on any atom is 0.145 e. The number of rotatable bonds is 4. The van der Waals surface area contributed by atoms with Crippen LogP contribution in [0.1, 0.15) is 18.9 Å². The Morgan fingerprint density at radius 3 is 2.36 bits per heavy atom. The summed E-state index contributed by atoms with van der Waals surface area (Å²) in [4.78, 5) is 11.8. The molecule has 0 unspecified atom stereocenters. The fourth-order valence-electron chi connectivity index (χ4n) is 1.02. The molecule has 0 heterocycles. The van der Waals surface area contributed by atoms with Crippen LogP contribution >= 0.6 is 0 Å². The Morgan fingerprint density at radius 2 is 1.86 bits per heavy atom. The van der Waals surface area contributed by atoms with Gasteiger partial charge in [-0.25, -0.2) is 0 Å². The van der Waals surface area contributed by atoms with Crippen molar-refractivity contribution in [2.45, 2.75) is 25.2 Å². The van der Waals surface area contributed by atoms with E-state index in [9.17, 15) is 9.00 Å². The van der Waals surface area contributed by atoms with Crippen molar-refractivity contribution in [1.82, 2.24) is 0 Å². The van der Waals surface area contributed by atoms with E-state index in [1.807, 2.05) is 31.2 Å². The topological polar surface area (TPSA) is 34.1 Å². The van der Waals surface area contributed by atoms with Crippen molar-refractivity contribution in [3.05, 3.63) is 29.8 Å². The largest absolute Gasteiger partial charge is 0.299 e. The molecular weight excluding hydrogens is 196 g/mol. The highest BCUT2D eigenvalue weighted by Gasteiger charge is 2.07. The zero-order valence-corrected chi connectivity index (χ0v) is 9.26. The van der Waals surface area contributed by atoms with E-state index in [4.69, 9.17) is 0 Å². The van der Waals surface area contributed by atoms with E-state index in [-0.39, 0.29) is 11.5 Å². The molecule has 0 radical (unpaired) electrons. The Kier molecular flexibility index (Phi) is 4.01. The first-order valence-corrected chi connectivity index (χ1v) is 5.92. The standard InChI is InChI=1S/C11H14O2S/c1-3-10(12)8-14(13)11-6-4-9(2)5-7-11/h4-7H,3,8H2,1-2H3/t14-/m1/s1. The molecule has 0 spiro atoms. The molecule has 1 rings (SSSR count). The van der Waals surface area contributed by atoms with Gasteiger partial charge in [-0.1, -0.05) is 24.6 Å². The maximum absolute atomic E-state index is 11.6. The molecule has 0 aromatic heterocycles. The minimum Gasteiger partial charge on any atom is -0.299 e. The van der Waals surface area contributed by atoms with Crippen LogP contribution in [0.25, 0.3) is 0 Å². The van der Waals surface area contributed by atoms with Crippen molar-refractivity contribution < 1.29 is 9.00 Å². The number of carbonyl (C=O) groups excluding carboxylic acids is 1. The van der Waals surface area contributed by atoms with Crippen LogP contribution in [-0.4, -0.2) is 15.7 Å². The molecule has 14 heavy (non-hydrogen) atoms. The number of Topliss-reactive ketones (excluding diaryl/α,β-unsaturated/α-hetero) is 1. The van der Waals surface area contributed by atoms with Gasteiger partial charge in [-0.2, -0.15) is 0 Å². The first-order valence-electron chi connectivity index (χ1n) is 4.60. The average molecular weight is 210 g/mol. The summed E-state index contributed by atoms with van der Waals surface area (Å²) >= 11 is 0. The molecule has 76 valence electrons. The van der Waals surface area contributed by atoms with E-state index in [2.05, 4.69) is 0 Å². The fourth-order valence-corrected chi connectivity index (χ4v) is 2.12. The normalized spacial score (nSPS) is 12.4. The van der Waals surface area contributed by atoms with Gasteiger partial charge in [0.15, 0.2) is 0 Å². The van der Waals surface area contributed by atoms with E-state index >= 15 is 0 Å². The SMILES string of the molecule is CCC(=O)C[S@@](=O)c1ccc(C)cc1. The quantitative estimate of drug-likeness (QED) is 0.762. The molecule has 0 N–H and O–H groups in total. The van der Waals surface area contributed by atoms with E-state index in [1.54, 1.807) is 6.92 Å². The lowest BCUT2D eigenvalue weighted by Crippen LogP contribution is -2.09. The van der Waals surface area contributed by atoms with Crippen molar-refractivity contribution in [3.8, 4) is 0 Å². The van der Waals surface area contributed by atoms with Crippen molar-refractivity contribution >= 4 is 16.6 Å². The van der Waals surface area contributed by atoms with Crippen LogP contribution in [0.15, 0.2) is 29.2 Å². The van der Waals surface area contributed by atoms with Crippen molar-refractivity contribution in [1.29, 1.82) is 0 Å². The van der Waals surface area contributed by atoms with Gasteiger partial charge in [0.1, 0.15) is 5.78 Å². The molecule has 1 aromatic rings. The zero-order valence-electron chi connectivity index (χ0n) is 8.45. The smallest absolute Gasteiger partial charge is 0.145 e. The summed E-state index contributed by atoms with van der Waals surface area (Å²) in [7, 11) is -1.17. The van der Waals surface area contributed by atoms with Crippen LogP contribution in [0.3, 0.4) is 0 Å². The molecule has 0 amide bonds. The third kappa shape index (κ3) is 3.07. The second-order valence-corrected chi connectivity index (χ2v) is 4.65. The Bertz CT molecular complexity index is 341. The highest BCUT2D eigenvalue weighted by atomic mass is 32.2. The number of carbonyl (C=O) groups is 1. The van der Waals surface area contributed by atoms with Crippen LogP contribution in [0.2, 0.25) is 0 Å². The average Bonchev–Trinajstić information content (AvgIpc) is 2.18. The van der Waals surface area contributed by atoms with Gasteiger partial charge in [-0.05, 0) is 19.1 Å². The minimum absolute atomic E-state index is 0.0453. The summed E-state index contributed by atoms with van der Waals surface area (Å²) in [5, 5.41) is 0. The van der Waals surface area contributed by atoms with Crippen molar-refractivity contribution in [2.24, 2.45) is 0 Å². The molecule has 0 bridgehead atoms. The second-order valence-electron chi connectivity index (χ2n) is 3.20. The van der Waals surface area contributed by atoms with E-state index < -0.39 is 10.8 Å². The van der Waals surface area contributed by atoms with Gasteiger partial charge in [0.2, 0.25) is 0 Å². The highest BCUT2D eigenvalue weighted by molar-refractivity contribution is 7.85. The molecule has 0 saturated heterocycles. The van der Waals surface area contributed by atoms with Crippen molar-refractivity contribution in [2.75, 3.05) is 5.75 Å². The van der Waals surface area contributed by atoms with E-state index in [1.165, 1.54) is 0 Å². The van der Waals surface area contributed by atoms with Gasteiger partial charge in [0, 0.05) is 11.3 Å².